The number of hydrogen-bond donors (Lipinski definition) is 2. The molecule has 4 nitrogen and oxygen atoms in total. The summed E-state index contributed by atoms with van der Waals surface area (Å²) in [6.45, 7) is 0.115. The fourth-order valence-corrected chi connectivity index (χ4v) is 5.42. The Hall–Kier alpha value is -0.440. The molecule has 1 aromatic carbocycles. The first-order chi connectivity index (χ1) is 9.92. The second-order valence-corrected chi connectivity index (χ2v) is 8.91. The molecule has 0 aliphatic carbocycles. The molecule has 0 fully saturated rings. The van der Waals surface area contributed by atoms with Crippen molar-refractivity contribution in [2.24, 2.45) is 0 Å². The minimum absolute atomic E-state index is 0.160. The fraction of sp³-hybridized carbons (Fsp3) is 0.231. The van der Waals surface area contributed by atoms with Crippen molar-refractivity contribution in [3.05, 3.63) is 49.6 Å². The van der Waals surface area contributed by atoms with Gasteiger partial charge in [-0.3, -0.25) is 0 Å². The topological polar surface area (TPSA) is 66.4 Å². The highest BCUT2D eigenvalue weighted by Gasteiger charge is 2.20. The van der Waals surface area contributed by atoms with E-state index in [1.54, 1.807) is 12.1 Å². The molecule has 0 bridgehead atoms. The summed E-state index contributed by atoms with van der Waals surface area (Å²) in [5.41, 5.74) is 1.00. The third-order valence-corrected chi connectivity index (χ3v) is 6.72. The molecular formula is C13H13BrClNO3S2. The highest BCUT2D eigenvalue weighted by molar-refractivity contribution is 9.11. The first-order valence-corrected chi connectivity index (χ1v) is 9.52. The smallest absolute Gasteiger partial charge is 0.242 e. The van der Waals surface area contributed by atoms with Gasteiger partial charge in [0.25, 0.3) is 0 Å². The zero-order valence-electron chi connectivity index (χ0n) is 10.8. The van der Waals surface area contributed by atoms with Gasteiger partial charge in [-0.2, -0.15) is 0 Å². The number of aliphatic hydroxyl groups excluding tert-OH is 1. The van der Waals surface area contributed by atoms with Gasteiger partial charge in [0, 0.05) is 16.4 Å². The van der Waals surface area contributed by atoms with E-state index in [4.69, 9.17) is 16.7 Å². The Morgan fingerprint density at radius 3 is 2.52 bits per heavy atom. The molecule has 114 valence electrons. The molecule has 1 aromatic heterocycles. The Morgan fingerprint density at radius 2 is 1.95 bits per heavy atom. The second-order valence-electron chi connectivity index (χ2n) is 4.28. The van der Waals surface area contributed by atoms with Crippen LogP contribution in [0.4, 0.5) is 0 Å². The highest BCUT2D eigenvalue weighted by Crippen LogP contribution is 2.31. The molecule has 0 amide bonds. The molecule has 21 heavy (non-hydrogen) atoms. The maximum absolute atomic E-state index is 12.2. The van der Waals surface area contributed by atoms with E-state index in [0.717, 1.165) is 5.56 Å². The lowest BCUT2D eigenvalue weighted by Gasteiger charge is -2.06. The minimum Gasteiger partial charge on any atom is -0.391 e. The Bertz CT molecular complexity index is 714. The number of thiophene rings is 1. The first-order valence-electron chi connectivity index (χ1n) is 6.05. The van der Waals surface area contributed by atoms with Crippen LogP contribution >= 0.6 is 38.9 Å². The number of benzene rings is 1. The molecule has 0 radical (unpaired) electrons. The molecule has 0 unspecified atom stereocenters. The monoisotopic (exact) mass is 409 g/mol. The van der Waals surface area contributed by atoms with Crippen molar-refractivity contribution in [2.75, 3.05) is 6.54 Å². The highest BCUT2D eigenvalue weighted by atomic mass is 79.9. The van der Waals surface area contributed by atoms with E-state index in [1.165, 1.54) is 17.4 Å². The van der Waals surface area contributed by atoms with Gasteiger partial charge in [-0.05, 0) is 46.1 Å². The summed E-state index contributed by atoms with van der Waals surface area (Å²) in [5.74, 6) is 0. The van der Waals surface area contributed by atoms with E-state index >= 15 is 0 Å². The van der Waals surface area contributed by atoms with E-state index in [-0.39, 0.29) is 11.5 Å². The molecule has 0 aliphatic heterocycles. The molecule has 2 rings (SSSR count). The van der Waals surface area contributed by atoms with Crippen molar-refractivity contribution >= 4 is 48.9 Å². The number of halogens is 2. The van der Waals surface area contributed by atoms with Crippen molar-refractivity contribution in [3.63, 3.8) is 0 Å². The van der Waals surface area contributed by atoms with Crippen LogP contribution < -0.4 is 4.72 Å². The lowest BCUT2D eigenvalue weighted by Crippen LogP contribution is -2.25. The largest absolute Gasteiger partial charge is 0.391 e. The maximum atomic E-state index is 12.2. The summed E-state index contributed by atoms with van der Waals surface area (Å²) in [5, 5.41) is 9.70. The molecule has 0 saturated heterocycles. The lowest BCUT2D eigenvalue weighted by molar-refractivity contribution is 0.285. The number of nitrogens with one attached hydrogen (secondary N) is 1. The van der Waals surface area contributed by atoms with Crippen LogP contribution in [0.3, 0.4) is 0 Å². The van der Waals surface area contributed by atoms with Crippen LogP contribution in [0, 0.1) is 0 Å². The van der Waals surface area contributed by atoms with E-state index in [1.807, 2.05) is 12.1 Å². The average molecular weight is 411 g/mol. The molecule has 0 atom stereocenters. The van der Waals surface area contributed by atoms with Crippen LogP contribution in [0.25, 0.3) is 0 Å². The summed E-state index contributed by atoms with van der Waals surface area (Å²) in [6, 6.07) is 8.74. The normalized spacial score (nSPS) is 11.8. The zero-order chi connectivity index (χ0) is 15.5. The maximum Gasteiger partial charge on any atom is 0.242 e. The number of aliphatic hydroxyl groups is 1. The van der Waals surface area contributed by atoms with E-state index in [9.17, 15) is 8.42 Å². The standard InChI is InChI=1S/C13H13BrClNO3S2/c14-13-12(7-11(8-17)20-13)21(18,19)16-6-5-9-1-3-10(15)4-2-9/h1-4,7,16-17H,5-6,8H2. The molecule has 2 aromatic rings. The third kappa shape index (κ3) is 4.51. The van der Waals surface area contributed by atoms with Gasteiger partial charge in [-0.25, -0.2) is 13.1 Å². The molecular weight excluding hydrogens is 398 g/mol. The Labute approximate surface area is 140 Å². The Balaban J connectivity index is 2.01. The molecule has 0 spiro atoms. The summed E-state index contributed by atoms with van der Waals surface area (Å²) >= 11 is 10.2. The van der Waals surface area contributed by atoms with Gasteiger partial charge in [0.05, 0.1) is 10.4 Å². The van der Waals surface area contributed by atoms with Crippen LogP contribution in [0.15, 0.2) is 39.0 Å². The van der Waals surface area contributed by atoms with Crippen LogP contribution in [0.5, 0.6) is 0 Å². The lowest BCUT2D eigenvalue weighted by atomic mass is 10.2. The molecule has 2 N–H and O–H groups in total. The quantitative estimate of drug-likeness (QED) is 0.768. The second kappa shape index (κ2) is 7.21. The number of rotatable bonds is 6. The van der Waals surface area contributed by atoms with Crippen molar-refractivity contribution in [1.29, 1.82) is 0 Å². The van der Waals surface area contributed by atoms with Gasteiger partial charge in [-0.1, -0.05) is 23.7 Å². The molecule has 0 aliphatic rings. The number of hydrogen-bond acceptors (Lipinski definition) is 4. The zero-order valence-corrected chi connectivity index (χ0v) is 14.8. The summed E-state index contributed by atoms with van der Waals surface area (Å²) in [4.78, 5) is 0.757. The predicted octanol–water partition coefficient (Wildman–Crippen LogP) is 3.18. The van der Waals surface area contributed by atoms with Gasteiger partial charge < -0.3 is 5.11 Å². The Kier molecular flexibility index (Phi) is 5.81. The first kappa shape index (κ1) is 16.9. The minimum atomic E-state index is -3.58. The van der Waals surface area contributed by atoms with Crippen molar-refractivity contribution in [1.82, 2.24) is 4.72 Å². The molecule has 0 saturated carbocycles. The van der Waals surface area contributed by atoms with Crippen molar-refractivity contribution < 1.29 is 13.5 Å². The summed E-state index contributed by atoms with van der Waals surface area (Å²) < 4.78 is 27.4. The van der Waals surface area contributed by atoms with Crippen LogP contribution in [-0.2, 0) is 23.1 Å². The van der Waals surface area contributed by atoms with Gasteiger partial charge >= 0.3 is 0 Å². The fourth-order valence-electron chi connectivity index (χ4n) is 1.72. The third-order valence-electron chi connectivity index (χ3n) is 2.77. The van der Waals surface area contributed by atoms with Crippen LogP contribution in [0.1, 0.15) is 10.4 Å². The van der Waals surface area contributed by atoms with Gasteiger partial charge in [0.2, 0.25) is 10.0 Å². The van der Waals surface area contributed by atoms with Gasteiger partial charge in [-0.15, -0.1) is 11.3 Å². The average Bonchev–Trinajstić information content (AvgIpc) is 2.83. The van der Waals surface area contributed by atoms with E-state index in [0.29, 0.717) is 26.7 Å². The van der Waals surface area contributed by atoms with E-state index in [2.05, 4.69) is 20.7 Å². The van der Waals surface area contributed by atoms with Crippen molar-refractivity contribution in [3.8, 4) is 0 Å². The predicted molar refractivity (Wildman–Crippen MR) is 88.3 cm³/mol. The van der Waals surface area contributed by atoms with Gasteiger partial charge in [0.15, 0.2) is 0 Å². The SMILES string of the molecule is O=S(=O)(NCCc1ccc(Cl)cc1)c1cc(CO)sc1Br. The van der Waals surface area contributed by atoms with Gasteiger partial charge in [0.1, 0.15) is 4.90 Å². The Morgan fingerprint density at radius 1 is 1.29 bits per heavy atom. The molecule has 1 heterocycles. The summed E-state index contributed by atoms with van der Waals surface area (Å²) in [7, 11) is -3.58. The van der Waals surface area contributed by atoms with Crippen molar-refractivity contribution in [2.45, 2.75) is 17.9 Å². The number of sulfonamides is 1. The van der Waals surface area contributed by atoms with Crippen LogP contribution in [-0.4, -0.2) is 20.1 Å². The summed E-state index contributed by atoms with van der Waals surface area (Å²) in [6.07, 6.45) is 0.574. The molecule has 8 heteroatoms. The van der Waals surface area contributed by atoms with E-state index < -0.39 is 10.0 Å². The van der Waals surface area contributed by atoms with Crippen LogP contribution in [0.2, 0.25) is 5.02 Å².